The number of ether oxygens (including phenoxy) is 1. The van der Waals surface area contributed by atoms with Crippen LogP contribution in [0.1, 0.15) is 39.3 Å². The molecule has 0 radical (unpaired) electrons. The molecule has 1 N–H and O–H groups in total. The van der Waals surface area contributed by atoms with Crippen molar-refractivity contribution in [2.24, 2.45) is 7.05 Å². The molecule has 2 aromatic carbocycles. The van der Waals surface area contributed by atoms with Crippen LogP contribution in [0.15, 0.2) is 67.1 Å². The maximum Gasteiger partial charge on any atom is 0.218 e. The molecular formula is C29H26ClFN4O2. The summed E-state index contributed by atoms with van der Waals surface area (Å²) < 4.78 is 20.8. The average Bonchev–Trinajstić information content (AvgIpc) is 3.32. The van der Waals surface area contributed by atoms with Crippen molar-refractivity contribution in [1.82, 2.24) is 19.5 Å². The van der Waals surface area contributed by atoms with Gasteiger partial charge in [-0.1, -0.05) is 35.9 Å². The maximum absolute atomic E-state index is 13.5. The average molecular weight is 517 g/mol. The molecule has 0 saturated carbocycles. The predicted octanol–water partition coefficient (Wildman–Crippen LogP) is 5.66. The highest BCUT2D eigenvalue weighted by atomic mass is 35.5. The highest BCUT2D eigenvalue weighted by Gasteiger charge is 2.38. The van der Waals surface area contributed by atoms with Crippen LogP contribution >= 0.6 is 11.6 Å². The maximum atomic E-state index is 13.5. The Kier molecular flexibility index (Phi) is 6.43. The zero-order chi connectivity index (χ0) is 26.3. The molecule has 0 aliphatic heterocycles. The Bertz CT molecular complexity index is 1620. The van der Waals surface area contributed by atoms with E-state index < -0.39 is 5.60 Å². The molecule has 5 rings (SSSR count). The van der Waals surface area contributed by atoms with E-state index in [0.717, 1.165) is 11.3 Å². The number of imidazole rings is 1. The highest BCUT2D eigenvalue weighted by Crippen LogP contribution is 2.41. The smallest absolute Gasteiger partial charge is 0.218 e. The Labute approximate surface area is 219 Å². The van der Waals surface area contributed by atoms with Gasteiger partial charge in [-0.15, -0.1) is 0 Å². The lowest BCUT2D eigenvalue weighted by Crippen LogP contribution is -2.32. The Hall–Kier alpha value is -3.81. The van der Waals surface area contributed by atoms with Gasteiger partial charge in [0, 0.05) is 41.4 Å². The molecule has 0 saturated heterocycles. The molecule has 0 aliphatic rings. The SMILES string of the molecule is COc1nc2ccc(C(O)(c3ccc(C)nc3C)c3cncn3C)cc2c(Cl)c1Cc1ccc(F)cc1. The van der Waals surface area contributed by atoms with E-state index in [1.54, 1.807) is 36.3 Å². The van der Waals surface area contributed by atoms with Gasteiger partial charge in [0.1, 0.15) is 5.82 Å². The monoisotopic (exact) mass is 516 g/mol. The molecule has 1 unspecified atom stereocenters. The Balaban J connectivity index is 1.73. The van der Waals surface area contributed by atoms with Gasteiger partial charge in [-0.05, 0) is 55.3 Å². The molecular weight excluding hydrogens is 491 g/mol. The molecule has 5 aromatic rings. The zero-order valence-corrected chi connectivity index (χ0v) is 21.7. The summed E-state index contributed by atoms with van der Waals surface area (Å²) >= 11 is 6.98. The summed E-state index contributed by atoms with van der Waals surface area (Å²) in [7, 11) is 3.38. The minimum atomic E-state index is -1.55. The van der Waals surface area contributed by atoms with E-state index in [1.165, 1.54) is 12.1 Å². The van der Waals surface area contributed by atoms with Crippen LogP contribution in [0, 0.1) is 19.7 Å². The van der Waals surface area contributed by atoms with Gasteiger partial charge in [-0.2, -0.15) is 0 Å². The first-order chi connectivity index (χ1) is 17.7. The third-order valence-electron chi connectivity index (χ3n) is 6.69. The van der Waals surface area contributed by atoms with Crippen LogP contribution < -0.4 is 4.74 Å². The Morgan fingerprint density at radius 2 is 1.81 bits per heavy atom. The normalized spacial score (nSPS) is 13.1. The molecule has 1 atom stereocenters. The van der Waals surface area contributed by atoms with Crippen molar-refractivity contribution in [3.8, 4) is 5.88 Å². The molecule has 0 spiro atoms. The van der Waals surface area contributed by atoms with Gasteiger partial charge in [-0.25, -0.2) is 14.4 Å². The number of benzene rings is 2. The number of pyridine rings is 2. The number of aromatic nitrogens is 4. The fourth-order valence-electron chi connectivity index (χ4n) is 4.81. The van der Waals surface area contributed by atoms with E-state index in [2.05, 4.69) is 15.0 Å². The first-order valence-corrected chi connectivity index (χ1v) is 12.1. The van der Waals surface area contributed by atoms with Crippen molar-refractivity contribution < 1.29 is 14.2 Å². The van der Waals surface area contributed by atoms with E-state index in [1.807, 2.05) is 51.2 Å². The van der Waals surface area contributed by atoms with Crippen molar-refractivity contribution in [1.29, 1.82) is 0 Å². The number of aliphatic hydroxyl groups is 1. The largest absolute Gasteiger partial charge is 0.481 e. The molecule has 0 bridgehead atoms. The number of nitrogens with zero attached hydrogens (tertiary/aromatic N) is 4. The Morgan fingerprint density at radius 3 is 2.46 bits per heavy atom. The lowest BCUT2D eigenvalue weighted by Gasteiger charge is -2.31. The summed E-state index contributed by atoms with van der Waals surface area (Å²) in [6, 6.07) is 15.5. The summed E-state index contributed by atoms with van der Waals surface area (Å²) in [4.78, 5) is 13.5. The molecule has 6 nitrogen and oxygen atoms in total. The number of halogens is 2. The van der Waals surface area contributed by atoms with E-state index in [0.29, 0.717) is 56.3 Å². The van der Waals surface area contributed by atoms with Gasteiger partial charge < -0.3 is 14.4 Å². The molecule has 8 heteroatoms. The van der Waals surface area contributed by atoms with Gasteiger partial charge in [0.15, 0.2) is 5.60 Å². The topological polar surface area (TPSA) is 73.1 Å². The summed E-state index contributed by atoms with van der Waals surface area (Å²) in [5.74, 6) is 0.0912. The molecule has 3 aromatic heterocycles. The van der Waals surface area contributed by atoms with Gasteiger partial charge >= 0.3 is 0 Å². The van der Waals surface area contributed by atoms with E-state index in [-0.39, 0.29) is 5.82 Å². The predicted molar refractivity (Wildman–Crippen MR) is 142 cm³/mol. The van der Waals surface area contributed by atoms with Crippen molar-refractivity contribution >= 4 is 22.5 Å². The number of fused-ring (bicyclic) bond motifs is 1. The number of hydrogen-bond acceptors (Lipinski definition) is 5. The molecule has 0 aliphatic carbocycles. The third kappa shape index (κ3) is 4.34. The summed E-state index contributed by atoms with van der Waals surface area (Å²) in [6.07, 6.45) is 3.71. The standard InChI is InChI=1S/C29H26ClFN4O2/c1-17-5-11-24(18(2)33-17)29(36,26-15-32-16-35(26)3)20-8-12-25-22(14-20)27(30)23(28(34-25)37-4)13-19-6-9-21(31)10-7-19/h5-12,14-16,36H,13H2,1-4H3. The molecule has 0 amide bonds. The lowest BCUT2D eigenvalue weighted by atomic mass is 9.82. The number of methoxy groups -OCH3 is 1. The second-order valence-electron chi connectivity index (χ2n) is 9.13. The molecule has 0 fully saturated rings. The van der Waals surface area contributed by atoms with Crippen molar-refractivity contribution in [3.05, 3.63) is 117 Å². The second-order valence-corrected chi connectivity index (χ2v) is 9.51. The number of rotatable bonds is 6. The van der Waals surface area contributed by atoms with Crippen molar-refractivity contribution in [2.45, 2.75) is 25.9 Å². The minimum absolute atomic E-state index is 0.307. The fourth-order valence-corrected chi connectivity index (χ4v) is 5.11. The summed E-state index contributed by atoms with van der Waals surface area (Å²) in [6.45, 7) is 3.79. The lowest BCUT2D eigenvalue weighted by molar-refractivity contribution is 0.116. The van der Waals surface area contributed by atoms with Crippen LogP contribution in [0.3, 0.4) is 0 Å². The first kappa shape index (κ1) is 24.9. The van der Waals surface area contributed by atoms with Crippen molar-refractivity contribution in [3.63, 3.8) is 0 Å². The fraction of sp³-hybridized carbons (Fsp3) is 0.207. The van der Waals surface area contributed by atoms with Gasteiger partial charge in [0.2, 0.25) is 5.88 Å². The second kappa shape index (κ2) is 9.57. The van der Waals surface area contributed by atoms with Crippen LogP contribution in [0.5, 0.6) is 5.88 Å². The van der Waals surface area contributed by atoms with Crippen LogP contribution in [-0.4, -0.2) is 31.7 Å². The Morgan fingerprint density at radius 1 is 1.05 bits per heavy atom. The number of aryl methyl sites for hydroxylation is 3. The molecule has 37 heavy (non-hydrogen) atoms. The van der Waals surface area contributed by atoms with Gasteiger partial charge in [0.05, 0.1) is 35.9 Å². The van der Waals surface area contributed by atoms with Crippen LogP contribution in [0.2, 0.25) is 5.02 Å². The molecule has 3 heterocycles. The summed E-state index contributed by atoms with van der Waals surface area (Å²) in [5.41, 5.74) is 4.01. The first-order valence-electron chi connectivity index (χ1n) is 11.8. The van der Waals surface area contributed by atoms with Crippen LogP contribution in [0.25, 0.3) is 10.9 Å². The van der Waals surface area contributed by atoms with Gasteiger partial charge in [-0.3, -0.25) is 4.98 Å². The quantitative estimate of drug-likeness (QED) is 0.315. The molecule has 188 valence electrons. The van der Waals surface area contributed by atoms with Crippen LogP contribution in [-0.2, 0) is 19.1 Å². The zero-order valence-electron chi connectivity index (χ0n) is 21.0. The van der Waals surface area contributed by atoms with Gasteiger partial charge in [0.25, 0.3) is 0 Å². The summed E-state index contributed by atoms with van der Waals surface area (Å²) in [5, 5.41) is 13.5. The highest BCUT2D eigenvalue weighted by molar-refractivity contribution is 6.36. The van der Waals surface area contributed by atoms with Crippen LogP contribution in [0.4, 0.5) is 4.39 Å². The van der Waals surface area contributed by atoms with Crippen molar-refractivity contribution in [2.75, 3.05) is 7.11 Å². The van der Waals surface area contributed by atoms with E-state index in [4.69, 9.17) is 16.3 Å². The van der Waals surface area contributed by atoms with E-state index >= 15 is 0 Å². The number of hydrogen-bond donors (Lipinski definition) is 1. The van der Waals surface area contributed by atoms with E-state index in [9.17, 15) is 9.50 Å². The minimum Gasteiger partial charge on any atom is -0.481 e. The third-order valence-corrected chi connectivity index (χ3v) is 7.12.